The average Bonchev–Trinajstić information content (AvgIpc) is 2.58. The molecular formula is C18H19F2N3O2. The van der Waals surface area contributed by atoms with Crippen LogP contribution in [0.15, 0.2) is 48.5 Å². The lowest BCUT2D eigenvalue weighted by Gasteiger charge is -2.17. The van der Waals surface area contributed by atoms with Crippen molar-refractivity contribution < 1.29 is 18.4 Å². The van der Waals surface area contributed by atoms with E-state index in [9.17, 15) is 18.4 Å². The maximum atomic E-state index is 13.4. The Morgan fingerprint density at radius 2 is 1.80 bits per heavy atom. The minimum Gasteiger partial charge on any atom is -0.341 e. The van der Waals surface area contributed by atoms with Gasteiger partial charge in [-0.15, -0.1) is 0 Å². The number of nitrogens with zero attached hydrogens (tertiary/aromatic N) is 1. The van der Waals surface area contributed by atoms with Crippen molar-refractivity contribution in [2.24, 2.45) is 0 Å². The second-order valence-corrected chi connectivity index (χ2v) is 5.49. The number of hydrogen-bond donors (Lipinski definition) is 2. The molecule has 0 aliphatic rings. The van der Waals surface area contributed by atoms with Crippen molar-refractivity contribution in [1.82, 2.24) is 10.2 Å². The molecule has 7 heteroatoms. The summed E-state index contributed by atoms with van der Waals surface area (Å²) in [4.78, 5) is 25.3. The first-order valence-corrected chi connectivity index (χ1v) is 7.73. The monoisotopic (exact) mass is 347 g/mol. The van der Waals surface area contributed by atoms with Gasteiger partial charge in [-0.3, -0.25) is 4.79 Å². The Morgan fingerprint density at radius 1 is 1.08 bits per heavy atom. The standard InChI is InChI=1S/C18H19F2N3O2/c1-23(12-13-5-3-2-4-6-13)17(24)9-10-21-18(25)22-16-8-7-14(19)11-15(16)20/h2-8,11H,9-10,12H2,1H3,(H2,21,22,25). The summed E-state index contributed by atoms with van der Waals surface area (Å²) < 4.78 is 26.2. The van der Waals surface area contributed by atoms with Crippen LogP contribution in [-0.2, 0) is 11.3 Å². The maximum Gasteiger partial charge on any atom is 0.319 e. The summed E-state index contributed by atoms with van der Waals surface area (Å²) in [6, 6.07) is 11.7. The maximum absolute atomic E-state index is 13.4. The molecule has 0 bridgehead atoms. The number of anilines is 1. The summed E-state index contributed by atoms with van der Waals surface area (Å²) in [5.74, 6) is -1.72. The highest BCUT2D eigenvalue weighted by atomic mass is 19.1. The Kier molecular flexibility index (Phi) is 6.45. The minimum atomic E-state index is -0.867. The SMILES string of the molecule is CN(Cc1ccccc1)C(=O)CCNC(=O)Nc1ccc(F)cc1F. The molecular weight excluding hydrogens is 328 g/mol. The van der Waals surface area contributed by atoms with E-state index in [2.05, 4.69) is 10.6 Å². The van der Waals surface area contributed by atoms with E-state index in [1.54, 1.807) is 11.9 Å². The van der Waals surface area contributed by atoms with Crippen LogP contribution in [0.1, 0.15) is 12.0 Å². The Balaban J connectivity index is 1.73. The summed E-state index contributed by atoms with van der Waals surface area (Å²) in [5, 5.41) is 4.73. The fourth-order valence-electron chi connectivity index (χ4n) is 2.18. The smallest absolute Gasteiger partial charge is 0.319 e. The third-order valence-electron chi connectivity index (χ3n) is 3.49. The van der Waals surface area contributed by atoms with E-state index in [4.69, 9.17) is 0 Å². The molecule has 25 heavy (non-hydrogen) atoms. The summed E-state index contributed by atoms with van der Waals surface area (Å²) in [7, 11) is 1.68. The molecule has 2 aromatic rings. The normalized spacial score (nSPS) is 10.2. The van der Waals surface area contributed by atoms with Crippen molar-refractivity contribution in [3.8, 4) is 0 Å². The number of halogens is 2. The lowest BCUT2D eigenvalue weighted by atomic mass is 10.2. The molecule has 0 heterocycles. The highest BCUT2D eigenvalue weighted by molar-refractivity contribution is 5.89. The summed E-state index contributed by atoms with van der Waals surface area (Å²) in [6.07, 6.45) is 0.114. The molecule has 0 saturated carbocycles. The zero-order valence-electron chi connectivity index (χ0n) is 13.8. The molecule has 0 saturated heterocycles. The van der Waals surface area contributed by atoms with Gasteiger partial charge in [0, 0.05) is 32.6 Å². The van der Waals surface area contributed by atoms with Gasteiger partial charge in [0.25, 0.3) is 0 Å². The molecule has 0 atom stereocenters. The summed E-state index contributed by atoms with van der Waals surface area (Å²) in [5.41, 5.74) is 0.877. The minimum absolute atomic E-state index is 0.104. The molecule has 5 nitrogen and oxygen atoms in total. The van der Waals surface area contributed by atoms with Gasteiger partial charge in [-0.25, -0.2) is 13.6 Å². The van der Waals surface area contributed by atoms with Crippen LogP contribution < -0.4 is 10.6 Å². The molecule has 3 amide bonds. The highest BCUT2D eigenvalue weighted by Gasteiger charge is 2.11. The van der Waals surface area contributed by atoms with Gasteiger partial charge in [0.05, 0.1) is 5.69 Å². The van der Waals surface area contributed by atoms with Crippen LogP contribution in [0.4, 0.5) is 19.3 Å². The molecule has 2 rings (SSSR count). The van der Waals surface area contributed by atoms with Gasteiger partial charge >= 0.3 is 6.03 Å². The van der Waals surface area contributed by atoms with Gasteiger partial charge in [0.1, 0.15) is 11.6 Å². The molecule has 0 unspecified atom stereocenters. The van der Waals surface area contributed by atoms with Crippen molar-refractivity contribution in [3.63, 3.8) is 0 Å². The fraction of sp³-hybridized carbons (Fsp3) is 0.222. The third-order valence-corrected chi connectivity index (χ3v) is 3.49. The lowest BCUT2D eigenvalue weighted by Crippen LogP contribution is -2.34. The topological polar surface area (TPSA) is 61.4 Å². The van der Waals surface area contributed by atoms with Gasteiger partial charge in [-0.2, -0.15) is 0 Å². The van der Waals surface area contributed by atoms with E-state index in [1.165, 1.54) is 0 Å². The van der Waals surface area contributed by atoms with Crippen LogP contribution in [-0.4, -0.2) is 30.4 Å². The lowest BCUT2D eigenvalue weighted by molar-refractivity contribution is -0.130. The molecule has 132 valence electrons. The average molecular weight is 347 g/mol. The molecule has 0 aliphatic carbocycles. The number of hydrogen-bond acceptors (Lipinski definition) is 2. The van der Waals surface area contributed by atoms with Crippen LogP contribution in [0, 0.1) is 11.6 Å². The Bertz CT molecular complexity index is 738. The molecule has 0 radical (unpaired) electrons. The van der Waals surface area contributed by atoms with Crippen LogP contribution >= 0.6 is 0 Å². The number of carbonyl (C=O) groups excluding carboxylic acids is 2. The first-order valence-electron chi connectivity index (χ1n) is 7.73. The number of amides is 3. The molecule has 2 aromatic carbocycles. The first-order chi connectivity index (χ1) is 12.0. The van der Waals surface area contributed by atoms with E-state index in [0.29, 0.717) is 12.6 Å². The number of rotatable bonds is 6. The van der Waals surface area contributed by atoms with E-state index >= 15 is 0 Å². The van der Waals surface area contributed by atoms with Gasteiger partial charge in [-0.1, -0.05) is 30.3 Å². The number of nitrogens with one attached hydrogen (secondary N) is 2. The van der Waals surface area contributed by atoms with Gasteiger partial charge in [0.15, 0.2) is 0 Å². The Labute approximate surface area is 144 Å². The number of urea groups is 1. The van der Waals surface area contributed by atoms with Crippen LogP contribution in [0.2, 0.25) is 0 Å². The van der Waals surface area contributed by atoms with Gasteiger partial charge < -0.3 is 15.5 Å². The summed E-state index contributed by atoms with van der Waals surface area (Å²) in [6.45, 7) is 0.583. The van der Waals surface area contributed by atoms with Crippen molar-refractivity contribution in [3.05, 3.63) is 65.7 Å². The van der Waals surface area contributed by atoms with E-state index in [0.717, 1.165) is 17.7 Å². The van der Waals surface area contributed by atoms with Gasteiger partial charge in [-0.05, 0) is 17.7 Å². The quantitative estimate of drug-likeness (QED) is 0.843. The second-order valence-electron chi connectivity index (χ2n) is 5.49. The van der Waals surface area contributed by atoms with Crippen molar-refractivity contribution >= 4 is 17.6 Å². The number of benzene rings is 2. The zero-order chi connectivity index (χ0) is 18.2. The molecule has 0 aliphatic heterocycles. The van der Waals surface area contributed by atoms with E-state index in [-0.39, 0.29) is 24.6 Å². The molecule has 0 spiro atoms. The first kappa shape index (κ1) is 18.4. The predicted octanol–water partition coefficient (Wildman–Crippen LogP) is 3.14. The summed E-state index contributed by atoms with van der Waals surface area (Å²) >= 11 is 0. The highest BCUT2D eigenvalue weighted by Crippen LogP contribution is 2.14. The predicted molar refractivity (Wildman–Crippen MR) is 90.9 cm³/mol. The van der Waals surface area contributed by atoms with Crippen molar-refractivity contribution in [2.75, 3.05) is 18.9 Å². The van der Waals surface area contributed by atoms with E-state index in [1.807, 2.05) is 30.3 Å². The molecule has 0 aromatic heterocycles. The second kappa shape index (κ2) is 8.77. The fourth-order valence-corrected chi connectivity index (χ4v) is 2.18. The molecule has 0 fully saturated rings. The molecule has 2 N–H and O–H groups in total. The number of carbonyl (C=O) groups is 2. The van der Waals surface area contributed by atoms with Gasteiger partial charge in [0.2, 0.25) is 5.91 Å². The van der Waals surface area contributed by atoms with Crippen LogP contribution in [0.5, 0.6) is 0 Å². The van der Waals surface area contributed by atoms with Crippen molar-refractivity contribution in [1.29, 1.82) is 0 Å². The largest absolute Gasteiger partial charge is 0.341 e. The Morgan fingerprint density at radius 3 is 2.48 bits per heavy atom. The van der Waals surface area contributed by atoms with E-state index < -0.39 is 17.7 Å². The van der Waals surface area contributed by atoms with Crippen LogP contribution in [0.25, 0.3) is 0 Å². The van der Waals surface area contributed by atoms with Crippen LogP contribution in [0.3, 0.4) is 0 Å². The third kappa shape index (κ3) is 5.87. The zero-order valence-corrected chi connectivity index (χ0v) is 13.8. The van der Waals surface area contributed by atoms with Crippen molar-refractivity contribution in [2.45, 2.75) is 13.0 Å². The Hall–Kier alpha value is -2.96.